The third-order valence-corrected chi connectivity index (χ3v) is 7.72. The first-order valence-corrected chi connectivity index (χ1v) is 12.4. The number of aliphatic hydroxyl groups is 2. The zero-order chi connectivity index (χ0) is 23.3. The minimum atomic E-state index is -1.05. The molecule has 1 heterocycles. The topological polar surface area (TPSA) is 58.9 Å². The molecule has 0 amide bonds. The van der Waals surface area contributed by atoms with Crippen LogP contribution in [0.2, 0.25) is 0 Å². The quantitative estimate of drug-likeness (QED) is 0.339. The molecule has 2 N–H and O–H groups in total. The van der Waals surface area contributed by atoms with Gasteiger partial charge in [-0.3, -0.25) is 0 Å². The molecule has 3 aromatic rings. The first kappa shape index (κ1) is 24.0. The fourth-order valence-electron chi connectivity index (χ4n) is 4.52. The molecule has 1 aliphatic rings. The predicted molar refractivity (Wildman–Crippen MR) is 133 cm³/mol. The molecule has 5 heteroatoms. The van der Waals surface area contributed by atoms with E-state index in [2.05, 4.69) is 72.8 Å². The summed E-state index contributed by atoms with van der Waals surface area (Å²) in [6.45, 7) is 3.39. The summed E-state index contributed by atoms with van der Waals surface area (Å²) in [7, 11) is 0. The summed E-state index contributed by atoms with van der Waals surface area (Å²) in [4.78, 5) is 0. The van der Waals surface area contributed by atoms with Crippen LogP contribution in [0.25, 0.3) is 0 Å². The monoisotopic (exact) mass is 464 g/mol. The van der Waals surface area contributed by atoms with Crippen molar-refractivity contribution in [2.45, 2.75) is 49.8 Å². The van der Waals surface area contributed by atoms with Gasteiger partial charge in [0, 0.05) is 0 Å². The van der Waals surface area contributed by atoms with Crippen LogP contribution in [0.1, 0.15) is 43.4 Å². The number of hydrogen-bond acceptors (Lipinski definition) is 5. The van der Waals surface area contributed by atoms with Crippen molar-refractivity contribution in [2.24, 2.45) is 5.92 Å². The van der Waals surface area contributed by atoms with Crippen LogP contribution in [0, 0.1) is 5.92 Å². The molecule has 2 atom stereocenters. The molecule has 174 valence electrons. The van der Waals surface area contributed by atoms with E-state index in [-0.39, 0.29) is 4.75 Å². The van der Waals surface area contributed by atoms with Gasteiger partial charge >= 0.3 is 0 Å². The highest BCUT2D eigenvalue weighted by molar-refractivity contribution is 8.00. The maximum Gasteiger partial charge on any atom is 0.169 e. The van der Waals surface area contributed by atoms with Gasteiger partial charge in [0.1, 0.15) is 0 Å². The molecular formula is C28H32O4S. The number of hydrogen-bond donors (Lipinski definition) is 2. The van der Waals surface area contributed by atoms with Gasteiger partial charge in [-0.05, 0) is 49.1 Å². The normalized spacial score (nSPS) is 22.7. The van der Waals surface area contributed by atoms with Crippen molar-refractivity contribution in [1.82, 2.24) is 0 Å². The second kappa shape index (κ2) is 10.4. The Labute approximate surface area is 200 Å². The number of aliphatic hydroxyl groups excluding tert-OH is 2. The first-order valence-electron chi connectivity index (χ1n) is 11.4. The number of ether oxygens (including phenoxy) is 2. The van der Waals surface area contributed by atoms with Gasteiger partial charge in [-0.15, -0.1) is 11.8 Å². The zero-order valence-corrected chi connectivity index (χ0v) is 19.9. The maximum atomic E-state index is 10.4. The summed E-state index contributed by atoms with van der Waals surface area (Å²) < 4.78 is 10.7. The Morgan fingerprint density at radius 1 is 0.727 bits per heavy atom. The van der Waals surface area contributed by atoms with Gasteiger partial charge in [0.2, 0.25) is 0 Å². The average molecular weight is 465 g/mol. The largest absolute Gasteiger partial charge is 0.367 e. The summed E-state index contributed by atoms with van der Waals surface area (Å²) in [6.07, 6.45) is -0.697. The van der Waals surface area contributed by atoms with Gasteiger partial charge in [0.05, 0.1) is 10.7 Å². The second-order valence-electron chi connectivity index (χ2n) is 8.85. The zero-order valence-electron chi connectivity index (χ0n) is 19.1. The Hall–Kier alpha value is -2.15. The van der Waals surface area contributed by atoms with Gasteiger partial charge < -0.3 is 19.7 Å². The predicted octanol–water partition coefficient (Wildman–Crippen LogP) is 5.53. The molecule has 0 spiro atoms. The van der Waals surface area contributed by atoms with Crippen molar-refractivity contribution in [3.05, 3.63) is 108 Å². The van der Waals surface area contributed by atoms with Crippen LogP contribution in [0.5, 0.6) is 0 Å². The highest BCUT2D eigenvalue weighted by Gasteiger charge is 2.42. The molecule has 33 heavy (non-hydrogen) atoms. The van der Waals surface area contributed by atoms with E-state index in [1.807, 2.05) is 30.0 Å². The Morgan fingerprint density at radius 3 is 1.52 bits per heavy atom. The SMILES string of the molecule is CC1(C)OC(O)C(CCCSC(c2ccccc2)(c2ccccc2)c2ccccc2)C(O)O1. The standard InChI is InChI=1S/C28H32O4S/c1-27(2)31-25(29)24(26(30)32-27)19-12-20-33-28(21-13-6-3-7-14-21,22-15-8-4-9-16-22)23-17-10-5-11-18-23/h3-11,13-18,24-26,29-30H,12,19-20H2,1-2H3. The fourth-order valence-corrected chi connectivity index (χ4v) is 6.05. The summed E-state index contributed by atoms with van der Waals surface area (Å²) in [5, 5.41) is 20.8. The lowest BCUT2D eigenvalue weighted by Crippen LogP contribution is -2.50. The van der Waals surface area contributed by atoms with E-state index in [1.165, 1.54) is 16.7 Å². The highest BCUT2D eigenvalue weighted by atomic mass is 32.2. The molecule has 1 fully saturated rings. The summed E-state index contributed by atoms with van der Waals surface area (Å²) in [5.41, 5.74) is 3.66. The van der Waals surface area contributed by atoms with Crippen molar-refractivity contribution in [2.75, 3.05) is 5.75 Å². The molecule has 2 unspecified atom stereocenters. The van der Waals surface area contributed by atoms with Crippen LogP contribution < -0.4 is 0 Å². The van der Waals surface area contributed by atoms with E-state index >= 15 is 0 Å². The Balaban J connectivity index is 1.59. The Bertz CT molecular complexity index is 884. The summed E-state index contributed by atoms with van der Waals surface area (Å²) in [6, 6.07) is 31.8. The van der Waals surface area contributed by atoms with Crippen molar-refractivity contribution < 1.29 is 19.7 Å². The second-order valence-corrected chi connectivity index (χ2v) is 10.2. The van der Waals surface area contributed by atoms with E-state index in [1.54, 1.807) is 13.8 Å². The smallest absolute Gasteiger partial charge is 0.169 e. The molecule has 4 rings (SSSR count). The van der Waals surface area contributed by atoms with Crippen molar-refractivity contribution in [1.29, 1.82) is 0 Å². The van der Waals surface area contributed by atoms with Gasteiger partial charge in [0.25, 0.3) is 0 Å². The molecule has 4 nitrogen and oxygen atoms in total. The lowest BCUT2D eigenvalue weighted by Gasteiger charge is -2.41. The van der Waals surface area contributed by atoms with Crippen molar-refractivity contribution in [3.63, 3.8) is 0 Å². The van der Waals surface area contributed by atoms with Crippen LogP contribution in [0.3, 0.4) is 0 Å². The van der Waals surface area contributed by atoms with Crippen LogP contribution in [0.15, 0.2) is 91.0 Å². The minimum absolute atomic E-state index is 0.372. The molecule has 0 bridgehead atoms. The molecule has 1 aliphatic heterocycles. The number of rotatable bonds is 8. The van der Waals surface area contributed by atoms with E-state index in [9.17, 15) is 10.2 Å². The van der Waals surface area contributed by atoms with Gasteiger partial charge in [-0.2, -0.15) is 0 Å². The fraction of sp³-hybridized carbons (Fsp3) is 0.357. The van der Waals surface area contributed by atoms with E-state index in [0.29, 0.717) is 6.42 Å². The third-order valence-electron chi connectivity index (χ3n) is 6.08. The minimum Gasteiger partial charge on any atom is -0.367 e. The Kier molecular flexibility index (Phi) is 7.57. The molecule has 1 saturated heterocycles. The average Bonchev–Trinajstić information content (AvgIpc) is 2.82. The number of thioether (sulfide) groups is 1. The van der Waals surface area contributed by atoms with Crippen LogP contribution in [-0.4, -0.2) is 34.3 Å². The Morgan fingerprint density at radius 2 is 1.12 bits per heavy atom. The van der Waals surface area contributed by atoms with E-state index < -0.39 is 24.3 Å². The maximum absolute atomic E-state index is 10.4. The lowest BCUT2D eigenvalue weighted by molar-refractivity contribution is -0.400. The molecule has 0 aliphatic carbocycles. The molecule has 0 radical (unpaired) electrons. The van der Waals surface area contributed by atoms with Gasteiger partial charge in [-0.1, -0.05) is 91.0 Å². The summed E-state index contributed by atoms with van der Waals surface area (Å²) in [5.74, 6) is -0.635. The van der Waals surface area contributed by atoms with Crippen molar-refractivity contribution >= 4 is 11.8 Å². The van der Waals surface area contributed by atoms with E-state index in [4.69, 9.17) is 9.47 Å². The van der Waals surface area contributed by atoms with Crippen LogP contribution in [-0.2, 0) is 14.2 Å². The van der Waals surface area contributed by atoms with Gasteiger partial charge in [-0.25, -0.2) is 0 Å². The highest BCUT2D eigenvalue weighted by Crippen LogP contribution is 2.48. The lowest BCUT2D eigenvalue weighted by atomic mass is 9.84. The van der Waals surface area contributed by atoms with Crippen LogP contribution in [0.4, 0.5) is 0 Å². The van der Waals surface area contributed by atoms with Crippen molar-refractivity contribution in [3.8, 4) is 0 Å². The van der Waals surface area contributed by atoms with Crippen LogP contribution >= 0.6 is 11.8 Å². The van der Waals surface area contributed by atoms with E-state index in [0.717, 1.165) is 12.2 Å². The number of benzene rings is 3. The molecule has 0 saturated carbocycles. The molecule has 3 aromatic carbocycles. The summed E-state index contributed by atoms with van der Waals surface area (Å²) >= 11 is 1.87. The first-order chi connectivity index (χ1) is 15.9. The van der Waals surface area contributed by atoms with Gasteiger partial charge in [0.15, 0.2) is 18.4 Å². The molecule has 0 aromatic heterocycles. The third kappa shape index (κ3) is 5.34. The molecular weight excluding hydrogens is 432 g/mol.